The summed E-state index contributed by atoms with van der Waals surface area (Å²) < 4.78 is 13.3. The van der Waals surface area contributed by atoms with Crippen LogP contribution in [0.2, 0.25) is 0 Å². The van der Waals surface area contributed by atoms with Gasteiger partial charge in [-0.05, 0) is 24.1 Å². The van der Waals surface area contributed by atoms with E-state index in [1.54, 1.807) is 0 Å². The van der Waals surface area contributed by atoms with E-state index < -0.39 is 17.9 Å². The van der Waals surface area contributed by atoms with Gasteiger partial charge < -0.3 is 0 Å². The summed E-state index contributed by atoms with van der Waals surface area (Å²) in [6.45, 7) is 1.96. The van der Waals surface area contributed by atoms with Crippen molar-refractivity contribution in [2.75, 3.05) is 9.80 Å². The largest absolute Gasteiger partial charge is 0.336 e. The van der Waals surface area contributed by atoms with E-state index in [0.29, 0.717) is 6.42 Å². The number of rotatable bonds is 1. The lowest BCUT2D eigenvalue weighted by Gasteiger charge is -2.17. The van der Waals surface area contributed by atoms with Crippen LogP contribution in [-0.2, 0) is 11.2 Å². The van der Waals surface area contributed by atoms with Crippen LogP contribution in [0.25, 0.3) is 0 Å². The molecule has 1 aromatic carbocycles. The molecule has 0 bridgehead atoms. The van der Waals surface area contributed by atoms with Crippen LogP contribution in [-0.4, -0.2) is 23.0 Å². The van der Waals surface area contributed by atoms with Gasteiger partial charge in [0.05, 0.1) is 18.1 Å². The standard InChI is InChI=1S/C16H12FN3O2/c1-9-3-2-4-13-12(9)6-14-15(21)19(16(22)20(13)14)11-5-10(17)7-18-8-11/h2-5,7-8,14H,6H2,1H3. The number of aryl methyl sites for hydroxylation is 1. The number of amides is 3. The number of benzene rings is 1. The highest BCUT2D eigenvalue weighted by molar-refractivity contribution is 6.29. The molecule has 110 valence electrons. The predicted octanol–water partition coefficient (Wildman–Crippen LogP) is 2.43. The molecule has 0 saturated carbocycles. The Hall–Kier alpha value is -2.76. The van der Waals surface area contributed by atoms with Gasteiger partial charge in [0.25, 0.3) is 5.91 Å². The topological polar surface area (TPSA) is 53.5 Å². The van der Waals surface area contributed by atoms with E-state index >= 15 is 0 Å². The number of pyridine rings is 1. The highest BCUT2D eigenvalue weighted by Gasteiger charge is 2.51. The third kappa shape index (κ3) is 1.60. The quantitative estimate of drug-likeness (QED) is 0.760. The Balaban J connectivity index is 1.80. The van der Waals surface area contributed by atoms with E-state index in [1.165, 1.54) is 11.1 Å². The molecule has 22 heavy (non-hydrogen) atoms. The molecular formula is C16H12FN3O2. The third-order valence-corrected chi connectivity index (χ3v) is 4.21. The molecule has 1 atom stereocenters. The summed E-state index contributed by atoms with van der Waals surface area (Å²) in [5.74, 6) is -0.922. The third-order valence-electron chi connectivity index (χ3n) is 4.21. The zero-order chi connectivity index (χ0) is 15.4. The molecule has 6 heteroatoms. The van der Waals surface area contributed by atoms with Crippen molar-refractivity contribution in [2.45, 2.75) is 19.4 Å². The summed E-state index contributed by atoms with van der Waals surface area (Å²) in [5, 5.41) is 0. The number of aromatic nitrogens is 1. The van der Waals surface area contributed by atoms with E-state index in [4.69, 9.17) is 0 Å². The smallest absolute Gasteiger partial charge is 0.281 e. The fraction of sp³-hybridized carbons (Fsp3) is 0.188. The normalized spacial score (nSPS) is 19.6. The molecule has 3 amide bonds. The number of halogens is 1. The van der Waals surface area contributed by atoms with Gasteiger partial charge >= 0.3 is 6.03 Å². The zero-order valence-corrected chi connectivity index (χ0v) is 11.8. The van der Waals surface area contributed by atoms with Gasteiger partial charge in [0, 0.05) is 18.2 Å². The number of carbonyl (C=O) groups excluding carboxylic acids is 2. The van der Waals surface area contributed by atoms with E-state index in [1.807, 2.05) is 25.1 Å². The summed E-state index contributed by atoms with van der Waals surface area (Å²) in [6.07, 6.45) is 2.85. The molecule has 1 saturated heterocycles. The van der Waals surface area contributed by atoms with Crippen molar-refractivity contribution in [3.8, 4) is 0 Å². The highest BCUT2D eigenvalue weighted by Crippen LogP contribution is 2.40. The van der Waals surface area contributed by atoms with Crippen molar-refractivity contribution in [1.82, 2.24) is 4.98 Å². The molecule has 0 aliphatic carbocycles. The first kappa shape index (κ1) is 12.9. The van der Waals surface area contributed by atoms with Gasteiger partial charge in [-0.2, -0.15) is 0 Å². The number of hydrogen-bond acceptors (Lipinski definition) is 3. The summed E-state index contributed by atoms with van der Waals surface area (Å²) in [4.78, 5) is 31.5. The maximum absolute atomic E-state index is 13.3. The lowest BCUT2D eigenvalue weighted by Crippen LogP contribution is -2.33. The van der Waals surface area contributed by atoms with Crippen molar-refractivity contribution >= 4 is 23.3 Å². The van der Waals surface area contributed by atoms with Gasteiger partial charge in [0.2, 0.25) is 0 Å². The second-order valence-electron chi connectivity index (χ2n) is 5.48. The van der Waals surface area contributed by atoms with E-state index in [0.717, 1.165) is 34.0 Å². The minimum absolute atomic E-state index is 0.165. The minimum atomic E-state index is -0.582. The molecule has 0 radical (unpaired) electrons. The zero-order valence-electron chi connectivity index (χ0n) is 11.8. The molecule has 1 aromatic heterocycles. The first-order valence-corrected chi connectivity index (χ1v) is 6.94. The summed E-state index contributed by atoms with van der Waals surface area (Å²) in [5.41, 5.74) is 3.01. The fourth-order valence-corrected chi connectivity index (χ4v) is 3.18. The lowest BCUT2D eigenvalue weighted by molar-refractivity contribution is -0.117. The fourth-order valence-electron chi connectivity index (χ4n) is 3.18. The van der Waals surface area contributed by atoms with Crippen LogP contribution in [0, 0.1) is 12.7 Å². The van der Waals surface area contributed by atoms with Gasteiger partial charge in [0.15, 0.2) is 0 Å². The van der Waals surface area contributed by atoms with Crippen LogP contribution in [0.15, 0.2) is 36.7 Å². The molecular weight excluding hydrogens is 285 g/mol. The van der Waals surface area contributed by atoms with E-state index in [2.05, 4.69) is 4.98 Å². The Labute approximate surface area is 126 Å². The maximum Gasteiger partial charge on any atom is 0.336 e. The molecule has 1 fully saturated rings. The molecule has 1 unspecified atom stereocenters. The number of hydrogen-bond donors (Lipinski definition) is 0. The average Bonchev–Trinajstić information content (AvgIpc) is 2.98. The predicted molar refractivity (Wildman–Crippen MR) is 78.2 cm³/mol. The van der Waals surface area contributed by atoms with Crippen LogP contribution >= 0.6 is 0 Å². The van der Waals surface area contributed by atoms with Gasteiger partial charge in [-0.15, -0.1) is 0 Å². The summed E-state index contributed by atoms with van der Waals surface area (Å²) >= 11 is 0. The number of fused-ring (bicyclic) bond motifs is 3. The van der Waals surface area contributed by atoms with Crippen LogP contribution < -0.4 is 9.80 Å². The Morgan fingerprint density at radius 2 is 2.09 bits per heavy atom. The van der Waals surface area contributed by atoms with Crippen molar-refractivity contribution in [1.29, 1.82) is 0 Å². The van der Waals surface area contributed by atoms with Gasteiger partial charge in [-0.3, -0.25) is 14.7 Å². The molecule has 2 aliphatic rings. The second kappa shape index (κ2) is 4.37. The number of imide groups is 1. The van der Waals surface area contributed by atoms with Gasteiger partial charge in [0.1, 0.15) is 11.9 Å². The second-order valence-corrected chi connectivity index (χ2v) is 5.48. The van der Waals surface area contributed by atoms with E-state index in [9.17, 15) is 14.0 Å². The molecule has 0 N–H and O–H groups in total. The monoisotopic (exact) mass is 297 g/mol. The molecule has 5 nitrogen and oxygen atoms in total. The van der Waals surface area contributed by atoms with E-state index in [-0.39, 0.29) is 11.6 Å². The number of urea groups is 1. The van der Waals surface area contributed by atoms with Crippen molar-refractivity contribution < 1.29 is 14.0 Å². The van der Waals surface area contributed by atoms with Crippen LogP contribution in [0.3, 0.4) is 0 Å². The Morgan fingerprint density at radius 1 is 1.27 bits per heavy atom. The molecule has 3 heterocycles. The summed E-state index contributed by atoms with van der Waals surface area (Å²) in [6, 6.07) is 5.80. The molecule has 0 spiro atoms. The molecule has 2 aliphatic heterocycles. The number of nitrogens with zero attached hydrogens (tertiary/aromatic N) is 3. The number of carbonyl (C=O) groups is 2. The van der Waals surface area contributed by atoms with Crippen molar-refractivity contribution in [3.63, 3.8) is 0 Å². The first-order valence-electron chi connectivity index (χ1n) is 6.94. The van der Waals surface area contributed by atoms with Crippen molar-refractivity contribution in [2.24, 2.45) is 0 Å². The first-order chi connectivity index (χ1) is 10.6. The SMILES string of the molecule is Cc1cccc2c1CC1C(=O)N(c3cncc(F)c3)C(=O)N21. The average molecular weight is 297 g/mol. The van der Waals surface area contributed by atoms with Gasteiger partial charge in [-0.25, -0.2) is 14.1 Å². The maximum atomic E-state index is 13.3. The molecule has 2 aromatic rings. The van der Waals surface area contributed by atoms with Gasteiger partial charge in [-0.1, -0.05) is 12.1 Å². The van der Waals surface area contributed by atoms with Crippen LogP contribution in [0.1, 0.15) is 11.1 Å². The highest BCUT2D eigenvalue weighted by atomic mass is 19.1. The van der Waals surface area contributed by atoms with Crippen LogP contribution in [0.5, 0.6) is 0 Å². The summed E-state index contributed by atoms with van der Waals surface area (Å²) in [7, 11) is 0. The van der Waals surface area contributed by atoms with Crippen molar-refractivity contribution in [3.05, 3.63) is 53.6 Å². The Morgan fingerprint density at radius 3 is 2.86 bits per heavy atom. The Kier molecular flexibility index (Phi) is 2.57. The minimum Gasteiger partial charge on any atom is -0.281 e. The lowest BCUT2D eigenvalue weighted by atomic mass is 10.0. The van der Waals surface area contributed by atoms with Crippen LogP contribution in [0.4, 0.5) is 20.6 Å². The molecule has 4 rings (SSSR count). The Bertz CT molecular complexity index is 821. The number of anilines is 2.